The summed E-state index contributed by atoms with van der Waals surface area (Å²) in [6.07, 6.45) is 3.47. The number of pyridine rings is 1. The van der Waals surface area contributed by atoms with E-state index >= 15 is 0 Å². The number of H-pyrrole nitrogens is 1. The lowest BCUT2D eigenvalue weighted by atomic mass is 10.1. The maximum atomic E-state index is 13.3. The number of rotatable bonds is 3. The zero-order valence-corrected chi connectivity index (χ0v) is 12.8. The molecule has 1 N–H and O–H groups in total. The lowest BCUT2D eigenvalue weighted by Gasteiger charge is -2.03. The number of halogens is 1. The van der Waals surface area contributed by atoms with Gasteiger partial charge in [-0.1, -0.05) is 30.3 Å². The van der Waals surface area contributed by atoms with Crippen molar-refractivity contribution in [1.29, 1.82) is 0 Å². The Balaban J connectivity index is 1.90. The van der Waals surface area contributed by atoms with E-state index in [2.05, 4.69) is 9.97 Å². The quantitative estimate of drug-likeness (QED) is 0.581. The highest BCUT2D eigenvalue weighted by Gasteiger charge is 2.15. The summed E-state index contributed by atoms with van der Waals surface area (Å²) in [5, 5.41) is 0. The predicted octanol–water partition coefficient (Wildman–Crippen LogP) is 4.94. The normalized spacial score (nSPS) is 10.7. The van der Waals surface area contributed by atoms with E-state index in [-0.39, 0.29) is 5.82 Å². The summed E-state index contributed by atoms with van der Waals surface area (Å²) in [5.41, 5.74) is 4.56. The maximum absolute atomic E-state index is 13.3. The fraction of sp³-hybridized carbons (Fsp3) is 0. The van der Waals surface area contributed by atoms with Crippen LogP contribution in [0.2, 0.25) is 0 Å². The van der Waals surface area contributed by atoms with Crippen molar-refractivity contribution in [3.63, 3.8) is 0 Å². The number of nitrogens with zero attached hydrogens (tertiary/aromatic N) is 2. The van der Waals surface area contributed by atoms with Gasteiger partial charge in [0, 0.05) is 29.1 Å². The fourth-order valence-corrected chi connectivity index (χ4v) is 2.65. The Bertz CT molecular complexity index is 945. The molecule has 2 heterocycles. The summed E-state index contributed by atoms with van der Waals surface area (Å²) >= 11 is 0. The van der Waals surface area contributed by atoms with Gasteiger partial charge in [-0.15, -0.1) is 0 Å². The fourth-order valence-electron chi connectivity index (χ4n) is 2.65. The summed E-state index contributed by atoms with van der Waals surface area (Å²) in [5.74, 6) is 0.504. The van der Waals surface area contributed by atoms with Crippen LogP contribution in [0.5, 0.6) is 0 Å². The molecule has 3 nitrogen and oxygen atoms in total. The summed E-state index contributed by atoms with van der Waals surface area (Å²) in [4.78, 5) is 12.2. The third-order valence-electron chi connectivity index (χ3n) is 3.84. The third-order valence-corrected chi connectivity index (χ3v) is 3.84. The van der Waals surface area contributed by atoms with Gasteiger partial charge in [-0.25, -0.2) is 9.37 Å². The van der Waals surface area contributed by atoms with Crippen molar-refractivity contribution in [2.45, 2.75) is 0 Å². The highest BCUT2D eigenvalue weighted by atomic mass is 19.1. The Morgan fingerprint density at radius 2 is 1.42 bits per heavy atom. The average molecular weight is 315 g/mol. The van der Waals surface area contributed by atoms with Crippen LogP contribution in [0.15, 0.2) is 79.1 Å². The smallest absolute Gasteiger partial charge is 0.138 e. The summed E-state index contributed by atoms with van der Waals surface area (Å²) < 4.78 is 13.3. The second kappa shape index (κ2) is 6.08. The highest BCUT2D eigenvalue weighted by molar-refractivity contribution is 5.81. The first kappa shape index (κ1) is 14.3. The summed E-state index contributed by atoms with van der Waals surface area (Å²) in [7, 11) is 0. The zero-order valence-electron chi connectivity index (χ0n) is 12.8. The molecule has 0 bridgehead atoms. The van der Waals surface area contributed by atoms with Crippen LogP contribution in [0.4, 0.5) is 4.39 Å². The van der Waals surface area contributed by atoms with Crippen molar-refractivity contribution in [3.05, 3.63) is 84.9 Å². The number of imidazole rings is 1. The lowest BCUT2D eigenvalue weighted by molar-refractivity contribution is 0.628. The van der Waals surface area contributed by atoms with E-state index in [0.29, 0.717) is 0 Å². The van der Waals surface area contributed by atoms with Gasteiger partial charge in [-0.2, -0.15) is 0 Å². The molecule has 0 fully saturated rings. The standard InChI is InChI=1S/C20H14FN3/c21-17-8-6-15(7-9-17)19-18(14-4-2-1-3-5-14)23-20(24-19)16-10-12-22-13-11-16/h1-13H,(H,23,24). The molecule has 24 heavy (non-hydrogen) atoms. The van der Waals surface area contributed by atoms with Crippen LogP contribution in [0.25, 0.3) is 33.9 Å². The first-order valence-electron chi connectivity index (χ1n) is 7.63. The molecule has 0 atom stereocenters. The molecular weight excluding hydrogens is 301 g/mol. The van der Waals surface area contributed by atoms with Crippen LogP contribution in [0.3, 0.4) is 0 Å². The van der Waals surface area contributed by atoms with Crippen molar-refractivity contribution in [1.82, 2.24) is 15.0 Å². The van der Waals surface area contributed by atoms with Gasteiger partial charge < -0.3 is 4.98 Å². The van der Waals surface area contributed by atoms with Gasteiger partial charge in [0.25, 0.3) is 0 Å². The van der Waals surface area contributed by atoms with Gasteiger partial charge in [0.05, 0.1) is 11.4 Å². The highest BCUT2D eigenvalue weighted by Crippen LogP contribution is 2.32. The molecule has 0 radical (unpaired) electrons. The Labute approximate surface area is 138 Å². The minimum Gasteiger partial charge on any atom is -0.337 e. The van der Waals surface area contributed by atoms with Crippen molar-refractivity contribution in [2.75, 3.05) is 0 Å². The molecule has 0 saturated heterocycles. The number of aromatic nitrogens is 3. The number of hydrogen-bond acceptors (Lipinski definition) is 2. The van der Waals surface area contributed by atoms with Gasteiger partial charge in [-0.3, -0.25) is 4.98 Å². The van der Waals surface area contributed by atoms with Crippen LogP contribution in [0.1, 0.15) is 0 Å². The van der Waals surface area contributed by atoms with E-state index in [1.54, 1.807) is 24.5 Å². The van der Waals surface area contributed by atoms with E-state index in [9.17, 15) is 4.39 Å². The van der Waals surface area contributed by atoms with Crippen LogP contribution in [-0.4, -0.2) is 15.0 Å². The lowest BCUT2D eigenvalue weighted by Crippen LogP contribution is -1.84. The third kappa shape index (κ3) is 2.70. The molecule has 0 saturated carbocycles. The molecule has 4 rings (SSSR count). The van der Waals surface area contributed by atoms with E-state index in [0.717, 1.165) is 33.9 Å². The molecule has 0 aliphatic heterocycles. The largest absolute Gasteiger partial charge is 0.337 e. The van der Waals surface area contributed by atoms with E-state index < -0.39 is 0 Å². The molecule has 4 heteroatoms. The second-order valence-corrected chi connectivity index (χ2v) is 5.42. The monoisotopic (exact) mass is 315 g/mol. The number of hydrogen-bond donors (Lipinski definition) is 1. The van der Waals surface area contributed by atoms with Gasteiger partial charge in [0.2, 0.25) is 0 Å². The Hall–Kier alpha value is -3.27. The Morgan fingerprint density at radius 3 is 2.12 bits per heavy atom. The zero-order chi connectivity index (χ0) is 16.4. The maximum Gasteiger partial charge on any atom is 0.138 e. The van der Waals surface area contributed by atoms with Gasteiger partial charge in [0.1, 0.15) is 11.6 Å². The first-order valence-corrected chi connectivity index (χ1v) is 7.63. The summed E-state index contributed by atoms with van der Waals surface area (Å²) in [6, 6.07) is 20.2. The first-order chi connectivity index (χ1) is 11.8. The van der Waals surface area contributed by atoms with Crippen molar-refractivity contribution in [3.8, 4) is 33.9 Å². The van der Waals surface area contributed by atoms with E-state index in [1.807, 2.05) is 42.5 Å². The Kier molecular flexibility index (Phi) is 3.63. The van der Waals surface area contributed by atoms with Gasteiger partial charge >= 0.3 is 0 Å². The molecule has 4 aromatic rings. The van der Waals surface area contributed by atoms with Crippen molar-refractivity contribution < 1.29 is 4.39 Å². The molecule has 116 valence electrons. The molecule has 2 aromatic carbocycles. The van der Waals surface area contributed by atoms with Gasteiger partial charge in [-0.05, 0) is 36.4 Å². The number of aromatic amines is 1. The minimum atomic E-state index is -0.256. The van der Waals surface area contributed by atoms with E-state index in [4.69, 9.17) is 4.98 Å². The predicted molar refractivity (Wildman–Crippen MR) is 92.6 cm³/mol. The average Bonchev–Trinajstić information content (AvgIpc) is 3.09. The van der Waals surface area contributed by atoms with Crippen molar-refractivity contribution in [2.24, 2.45) is 0 Å². The number of nitrogens with one attached hydrogen (secondary N) is 1. The Morgan fingerprint density at radius 1 is 0.708 bits per heavy atom. The van der Waals surface area contributed by atoms with E-state index in [1.165, 1.54) is 12.1 Å². The number of benzene rings is 2. The molecule has 2 aromatic heterocycles. The molecule has 0 aliphatic rings. The van der Waals surface area contributed by atoms with Crippen LogP contribution < -0.4 is 0 Å². The molecule has 0 unspecified atom stereocenters. The minimum absolute atomic E-state index is 0.256. The topological polar surface area (TPSA) is 41.6 Å². The molecule has 0 amide bonds. The SMILES string of the molecule is Fc1ccc(-c2[nH]c(-c3ccncc3)nc2-c2ccccc2)cc1. The van der Waals surface area contributed by atoms with Crippen LogP contribution >= 0.6 is 0 Å². The van der Waals surface area contributed by atoms with Crippen molar-refractivity contribution >= 4 is 0 Å². The molecule has 0 spiro atoms. The second-order valence-electron chi connectivity index (χ2n) is 5.42. The summed E-state index contributed by atoms with van der Waals surface area (Å²) in [6.45, 7) is 0. The van der Waals surface area contributed by atoms with Crippen LogP contribution in [-0.2, 0) is 0 Å². The molecular formula is C20H14FN3. The molecule has 0 aliphatic carbocycles. The van der Waals surface area contributed by atoms with Gasteiger partial charge in [0.15, 0.2) is 0 Å². The van der Waals surface area contributed by atoms with Crippen LogP contribution in [0, 0.1) is 5.82 Å².